The SMILES string of the molecule is C/N=C(\C=C/N(C=O)C(CO)c1ccc(Cl)c(F)c1)c1ccnc(NC2CCOCC2)n1. The fourth-order valence-corrected chi connectivity index (χ4v) is 3.45. The topological polar surface area (TPSA) is 99.9 Å². The number of aliphatic hydroxyl groups is 1. The molecular formula is C22H25ClFN5O3. The Morgan fingerprint density at radius 3 is 2.88 bits per heavy atom. The van der Waals surface area contributed by atoms with Gasteiger partial charge in [-0.1, -0.05) is 17.7 Å². The summed E-state index contributed by atoms with van der Waals surface area (Å²) in [4.78, 5) is 26.0. The zero-order valence-electron chi connectivity index (χ0n) is 17.6. The molecule has 1 amide bonds. The number of rotatable bonds is 9. The Hall–Kier alpha value is -2.88. The molecule has 2 aromatic rings. The van der Waals surface area contributed by atoms with Gasteiger partial charge in [-0.05, 0) is 42.7 Å². The van der Waals surface area contributed by atoms with E-state index in [4.69, 9.17) is 16.3 Å². The van der Waals surface area contributed by atoms with Gasteiger partial charge in [-0.2, -0.15) is 0 Å². The maximum Gasteiger partial charge on any atom is 0.223 e. The van der Waals surface area contributed by atoms with Gasteiger partial charge in [0.05, 0.1) is 29.1 Å². The van der Waals surface area contributed by atoms with Crippen LogP contribution in [0.2, 0.25) is 5.02 Å². The number of nitrogens with one attached hydrogen (secondary N) is 1. The molecule has 0 spiro atoms. The minimum atomic E-state index is -0.787. The predicted molar refractivity (Wildman–Crippen MR) is 120 cm³/mol. The lowest BCUT2D eigenvalue weighted by Gasteiger charge is -2.24. The fourth-order valence-electron chi connectivity index (χ4n) is 3.33. The molecule has 32 heavy (non-hydrogen) atoms. The first-order valence-electron chi connectivity index (χ1n) is 10.2. The van der Waals surface area contributed by atoms with Crippen LogP contribution < -0.4 is 5.32 Å². The Morgan fingerprint density at radius 1 is 1.44 bits per heavy atom. The zero-order valence-corrected chi connectivity index (χ0v) is 18.4. The van der Waals surface area contributed by atoms with E-state index in [9.17, 15) is 14.3 Å². The monoisotopic (exact) mass is 461 g/mol. The molecule has 1 aliphatic heterocycles. The number of aliphatic hydroxyl groups excluding tert-OH is 1. The van der Waals surface area contributed by atoms with E-state index in [1.54, 1.807) is 31.5 Å². The van der Waals surface area contributed by atoms with Crippen molar-refractivity contribution in [3.8, 4) is 0 Å². The molecule has 0 bridgehead atoms. The first-order valence-corrected chi connectivity index (χ1v) is 10.5. The van der Waals surface area contributed by atoms with Crippen molar-refractivity contribution in [3.05, 3.63) is 64.8 Å². The van der Waals surface area contributed by atoms with Gasteiger partial charge in [0.1, 0.15) is 5.82 Å². The molecule has 0 aliphatic carbocycles. The highest BCUT2D eigenvalue weighted by molar-refractivity contribution is 6.30. The van der Waals surface area contributed by atoms with E-state index in [0.717, 1.165) is 12.8 Å². The van der Waals surface area contributed by atoms with Crippen molar-refractivity contribution in [1.82, 2.24) is 14.9 Å². The van der Waals surface area contributed by atoms with E-state index < -0.39 is 18.5 Å². The van der Waals surface area contributed by atoms with Crippen LogP contribution in [0.5, 0.6) is 0 Å². The van der Waals surface area contributed by atoms with E-state index >= 15 is 0 Å². The van der Waals surface area contributed by atoms with Crippen LogP contribution in [0.1, 0.15) is 30.1 Å². The van der Waals surface area contributed by atoms with Gasteiger partial charge in [0.2, 0.25) is 12.4 Å². The number of aliphatic imine (C=N–C) groups is 1. The average molecular weight is 462 g/mol. The molecule has 1 atom stereocenters. The van der Waals surface area contributed by atoms with Crippen molar-refractivity contribution in [3.63, 3.8) is 0 Å². The van der Waals surface area contributed by atoms with Gasteiger partial charge >= 0.3 is 0 Å². The predicted octanol–water partition coefficient (Wildman–Crippen LogP) is 2.98. The fraction of sp³-hybridized carbons (Fsp3) is 0.364. The third kappa shape index (κ3) is 6.09. The molecule has 1 aliphatic rings. The van der Waals surface area contributed by atoms with Crippen LogP contribution in [0.3, 0.4) is 0 Å². The lowest BCUT2D eigenvalue weighted by molar-refractivity contribution is -0.118. The van der Waals surface area contributed by atoms with Crippen molar-refractivity contribution in [2.24, 2.45) is 4.99 Å². The van der Waals surface area contributed by atoms with Gasteiger partial charge in [0.25, 0.3) is 0 Å². The molecule has 1 aromatic heterocycles. The summed E-state index contributed by atoms with van der Waals surface area (Å²) in [6, 6.07) is 5.31. The minimum absolute atomic E-state index is 0.0343. The summed E-state index contributed by atoms with van der Waals surface area (Å²) < 4.78 is 19.2. The molecule has 2 N–H and O–H groups in total. The zero-order chi connectivity index (χ0) is 22.9. The molecule has 1 unspecified atom stereocenters. The smallest absolute Gasteiger partial charge is 0.223 e. The Morgan fingerprint density at radius 2 is 2.22 bits per heavy atom. The van der Waals surface area contributed by atoms with E-state index in [-0.39, 0.29) is 11.1 Å². The largest absolute Gasteiger partial charge is 0.394 e. The molecule has 3 rings (SSSR count). The van der Waals surface area contributed by atoms with Crippen LogP contribution in [0, 0.1) is 5.82 Å². The molecule has 0 saturated carbocycles. The van der Waals surface area contributed by atoms with Crippen LogP contribution in [-0.2, 0) is 9.53 Å². The number of anilines is 1. The maximum absolute atomic E-state index is 13.9. The molecule has 1 aromatic carbocycles. The minimum Gasteiger partial charge on any atom is -0.394 e. The summed E-state index contributed by atoms with van der Waals surface area (Å²) in [6.45, 7) is 0.995. The molecule has 8 nitrogen and oxygen atoms in total. The van der Waals surface area contributed by atoms with Gasteiger partial charge in [-0.25, -0.2) is 14.4 Å². The second-order valence-electron chi connectivity index (χ2n) is 7.15. The van der Waals surface area contributed by atoms with Crippen LogP contribution in [-0.4, -0.2) is 65.0 Å². The third-order valence-corrected chi connectivity index (χ3v) is 5.41. The summed E-state index contributed by atoms with van der Waals surface area (Å²) in [6.07, 6.45) is 7.01. The van der Waals surface area contributed by atoms with E-state index in [1.807, 2.05) is 0 Å². The van der Waals surface area contributed by atoms with E-state index in [1.165, 1.54) is 23.2 Å². The lowest BCUT2D eigenvalue weighted by Crippen LogP contribution is -2.28. The molecular weight excluding hydrogens is 437 g/mol. The first kappa shape index (κ1) is 23.8. The second kappa shape index (κ2) is 11.7. The number of hydrogen-bond acceptors (Lipinski definition) is 7. The molecule has 1 saturated heterocycles. The number of allylic oxidation sites excluding steroid dienone is 1. The van der Waals surface area contributed by atoms with Gasteiger partial charge < -0.3 is 20.1 Å². The van der Waals surface area contributed by atoms with Gasteiger partial charge in [-0.15, -0.1) is 0 Å². The lowest BCUT2D eigenvalue weighted by atomic mass is 10.1. The number of carbonyl (C=O) groups excluding carboxylic acids is 1. The Labute approximate surface area is 190 Å². The number of aromatic nitrogens is 2. The number of ether oxygens (including phenoxy) is 1. The van der Waals surface area contributed by atoms with Crippen molar-refractivity contribution in [2.45, 2.75) is 24.9 Å². The summed E-state index contributed by atoms with van der Waals surface area (Å²) >= 11 is 5.73. The van der Waals surface area contributed by atoms with Gasteiger partial charge in [0.15, 0.2) is 0 Å². The Balaban J connectivity index is 1.76. The van der Waals surface area contributed by atoms with Crippen molar-refractivity contribution in [2.75, 3.05) is 32.2 Å². The summed E-state index contributed by atoms with van der Waals surface area (Å²) in [7, 11) is 1.61. The third-order valence-electron chi connectivity index (χ3n) is 5.10. The highest BCUT2D eigenvalue weighted by Crippen LogP contribution is 2.24. The summed E-state index contributed by atoms with van der Waals surface area (Å²) in [5.41, 5.74) is 1.48. The molecule has 0 radical (unpaired) electrons. The molecule has 1 fully saturated rings. The number of hydrogen-bond donors (Lipinski definition) is 2. The van der Waals surface area contributed by atoms with E-state index in [2.05, 4.69) is 20.3 Å². The number of amides is 1. The highest BCUT2D eigenvalue weighted by atomic mass is 35.5. The molecule has 2 heterocycles. The first-order chi connectivity index (χ1) is 15.5. The quantitative estimate of drug-likeness (QED) is 0.440. The number of benzene rings is 1. The Kier molecular flexibility index (Phi) is 8.66. The van der Waals surface area contributed by atoms with Gasteiger partial charge in [0, 0.05) is 38.7 Å². The van der Waals surface area contributed by atoms with Crippen LogP contribution >= 0.6 is 11.6 Å². The van der Waals surface area contributed by atoms with Gasteiger partial charge in [-0.3, -0.25) is 9.79 Å². The van der Waals surface area contributed by atoms with Crippen LogP contribution in [0.25, 0.3) is 0 Å². The summed E-state index contributed by atoms with van der Waals surface area (Å²) in [5, 5.41) is 13.1. The summed E-state index contributed by atoms with van der Waals surface area (Å²) in [5.74, 6) is -0.139. The Bertz CT molecular complexity index is 982. The van der Waals surface area contributed by atoms with Crippen molar-refractivity contribution < 1.29 is 19.0 Å². The van der Waals surface area contributed by atoms with Crippen LogP contribution in [0.15, 0.2) is 47.7 Å². The maximum atomic E-state index is 13.9. The normalized spacial score (nSPS) is 16.2. The second-order valence-corrected chi connectivity index (χ2v) is 7.55. The van der Waals surface area contributed by atoms with Crippen molar-refractivity contribution >= 4 is 29.7 Å². The molecule has 10 heteroatoms. The van der Waals surface area contributed by atoms with E-state index in [0.29, 0.717) is 42.5 Å². The number of halogens is 2. The highest BCUT2D eigenvalue weighted by Gasteiger charge is 2.19. The van der Waals surface area contributed by atoms with Crippen molar-refractivity contribution in [1.29, 1.82) is 0 Å². The molecule has 170 valence electrons. The average Bonchev–Trinajstić information content (AvgIpc) is 2.82. The van der Waals surface area contributed by atoms with Crippen LogP contribution in [0.4, 0.5) is 10.3 Å². The number of carbonyl (C=O) groups is 1. The number of nitrogens with zero attached hydrogens (tertiary/aromatic N) is 4. The standard InChI is InChI=1S/C22H25ClFN5O3/c1-25-19(20-4-8-26-22(28-20)27-16-6-10-32-11-7-16)5-9-29(14-31)21(13-30)15-2-3-17(23)18(24)12-15/h2-5,8-9,12,14,16,21,30H,6-7,10-11,13H2,1H3,(H,26,27,28)/b9-5-,25-19+.